The second-order valence-corrected chi connectivity index (χ2v) is 3.64. The van der Waals surface area contributed by atoms with Crippen molar-refractivity contribution in [2.24, 2.45) is 0 Å². The molecule has 3 heteroatoms. The molecule has 0 atom stereocenters. The molecular weight excluding hydrogens is 202 g/mol. The normalized spacial score (nSPS) is 9.69. The predicted molar refractivity (Wildman–Crippen MR) is 65.0 cm³/mol. The topological polar surface area (TPSA) is 38.3 Å². The highest BCUT2D eigenvalue weighted by molar-refractivity contribution is 5.97. The average molecular weight is 219 g/mol. The molecule has 0 saturated heterocycles. The first-order chi connectivity index (χ1) is 7.60. The van der Waals surface area contributed by atoms with E-state index in [1.165, 1.54) is 0 Å². The highest BCUT2D eigenvalue weighted by Crippen LogP contribution is 2.22. The summed E-state index contributed by atoms with van der Waals surface area (Å²) in [5.41, 5.74) is 2.74. The first-order valence-corrected chi connectivity index (χ1v) is 5.14. The van der Waals surface area contributed by atoms with Gasteiger partial charge in [0.25, 0.3) is 5.91 Å². The van der Waals surface area contributed by atoms with E-state index in [1.807, 2.05) is 26.0 Å². The van der Waals surface area contributed by atoms with Crippen molar-refractivity contribution in [3.63, 3.8) is 0 Å². The van der Waals surface area contributed by atoms with Gasteiger partial charge in [-0.1, -0.05) is 6.08 Å². The van der Waals surface area contributed by atoms with E-state index in [1.54, 1.807) is 13.2 Å². The van der Waals surface area contributed by atoms with Crippen LogP contribution < -0.4 is 10.1 Å². The van der Waals surface area contributed by atoms with E-state index in [4.69, 9.17) is 4.74 Å². The van der Waals surface area contributed by atoms with Crippen molar-refractivity contribution in [3.8, 4) is 5.75 Å². The van der Waals surface area contributed by atoms with Gasteiger partial charge >= 0.3 is 0 Å². The number of hydrogen-bond acceptors (Lipinski definition) is 2. The molecule has 0 bridgehead atoms. The SMILES string of the molecule is C=CCNC(=O)c1cc(C)c(C)cc1OC. The molecule has 1 amide bonds. The molecule has 0 aliphatic carbocycles. The summed E-state index contributed by atoms with van der Waals surface area (Å²) in [4.78, 5) is 11.8. The van der Waals surface area contributed by atoms with Gasteiger partial charge in [0, 0.05) is 6.54 Å². The standard InChI is InChI=1S/C13H17NO2/c1-5-6-14-13(15)11-7-9(2)10(3)8-12(11)16-4/h5,7-8H,1,6H2,2-4H3,(H,14,15). The summed E-state index contributed by atoms with van der Waals surface area (Å²) in [6.07, 6.45) is 1.64. The van der Waals surface area contributed by atoms with Crippen molar-refractivity contribution in [1.82, 2.24) is 5.32 Å². The van der Waals surface area contributed by atoms with Gasteiger partial charge in [-0.3, -0.25) is 4.79 Å². The summed E-state index contributed by atoms with van der Waals surface area (Å²) in [5.74, 6) is 0.463. The minimum absolute atomic E-state index is 0.139. The number of carbonyl (C=O) groups excluding carboxylic acids is 1. The number of benzene rings is 1. The smallest absolute Gasteiger partial charge is 0.255 e. The van der Waals surface area contributed by atoms with Crippen LogP contribution in [0, 0.1) is 13.8 Å². The number of nitrogens with one attached hydrogen (secondary N) is 1. The van der Waals surface area contributed by atoms with Crippen LogP contribution in [0.3, 0.4) is 0 Å². The Morgan fingerprint density at radius 2 is 2.06 bits per heavy atom. The summed E-state index contributed by atoms with van der Waals surface area (Å²) in [6, 6.07) is 3.71. The largest absolute Gasteiger partial charge is 0.496 e. The molecule has 1 aromatic rings. The summed E-state index contributed by atoms with van der Waals surface area (Å²) in [6.45, 7) is 7.97. The maximum atomic E-state index is 11.8. The van der Waals surface area contributed by atoms with Gasteiger partial charge in [-0.2, -0.15) is 0 Å². The van der Waals surface area contributed by atoms with Crippen molar-refractivity contribution < 1.29 is 9.53 Å². The molecule has 0 spiro atoms. The Bertz CT molecular complexity index is 411. The lowest BCUT2D eigenvalue weighted by Gasteiger charge is -2.11. The molecule has 0 unspecified atom stereocenters. The molecule has 1 N–H and O–H groups in total. The van der Waals surface area contributed by atoms with Gasteiger partial charge in [0.15, 0.2) is 0 Å². The fourth-order valence-electron chi connectivity index (χ4n) is 1.40. The van der Waals surface area contributed by atoms with Gasteiger partial charge in [-0.05, 0) is 37.1 Å². The summed E-state index contributed by atoms with van der Waals surface area (Å²) in [7, 11) is 1.56. The van der Waals surface area contributed by atoms with Crippen LogP contribution in [0.5, 0.6) is 5.75 Å². The Labute approximate surface area is 96.1 Å². The fourth-order valence-corrected chi connectivity index (χ4v) is 1.40. The van der Waals surface area contributed by atoms with E-state index in [0.717, 1.165) is 11.1 Å². The number of amides is 1. The van der Waals surface area contributed by atoms with Crippen molar-refractivity contribution in [3.05, 3.63) is 41.5 Å². The number of methoxy groups -OCH3 is 1. The zero-order chi connectivity index (χ0) is 12.1. The third-order valence-electron chi connectivity index (χ3n) is 2.47. The quantitative estimate of drug-likeness (QED) is 0.789. The van der Waals surface area contributed by atoms with E-state index < -0.39 is 0 Å². The predicted octanol–water partition coefficient (Wildman–Crippen LogP) is 2.23. The fraction of sp³-hybridized carbons (Fsp3) is 0.308. The van der Waals surface area contributed by atoms with E-state index in [2.05, 4.69) is 11.9 Å². The molecule has 86 valence electrons. The highest BCUT2D eigenvalue weighted by atomic mass is 16.5. The van der Waals surface area contributed by atoms with E-state index in [-0.39, 0.29) is 5.91 Å². The third kappa shape index (κ3) is 2.63. The van der Waals surface area contributed by atoms with E-state index in [0.29, 0.717) is 17.9 Å². The Morgan fingerprint density at radius 1 is 1.44 bits per heavy atom. The van der Waals surface area contributed by atoms with E-state index in [9.17, 15) is 4.79 Å². The molecule has 0 saturated carbocycles. The van der Waals surface area contributed by atoms with Gasteiger partial charge in [0.05, 0.1) is 12.7 Å². The van der Waals surface area contributed by atoms with Crippen molar-refractivity contribution in [1.29, 1.82) is 0 Å². The zero-order valence-electron chi connectivity index (χ0n) is 9.96. The zero-order valence-corrected chi connectivity index (χ0v) is 9.96. The van der Waals surface area contributed by atoms with Gasteiger partial charge in [-0.25, -0.2) is 0 Å². The average Bonchev–Trinajstić information content (AvgIpc) is 2.28. The van der Waals surface area contributed by atoms with Crippen LogP contribution in [0.4, 0.5) is 0 Å². The summed E-state index contributed by atoms with van der Waals surface area (Å²) >= 11 is 0. The maximum Gasteiger partial charge on any atom is 0.255 e. The first-order valence-electron chi connectivity index (χ1n) is 5.14. The molecule has 0 fully saturated rings. The van der Waals surface area contributed by atoms with Crippen molar-refractivity contribution in [2.45, 2.75) is 13.8 Å². The van der Waals surface area contributed by atoms with Gasteiger partial charge in [0.2, 0.25) is 0 Å². The molecule has 1 rings (SSSR count). The van der Waals surface area contributed by atoms with Crippen LogP contribution in [0.2, 0.25) is 0 Å². The molecule has 0 radical (unpaired) electrons. The van der Waals surface area contributed by atoms with Crippen LogP contribution in [0.15, 0.2) is 24.8 Å². The second kappa shape index (κ2) is 5.35. The first kappa shape index (κ1) is 12.3. The molecule has 0 aliphatic heterocycles. The van der Waals surface area contributed by atoms with Crippen LogP contribution in [-0.4, -0.2) is 19.6 Å². The molecule has 1 aromatic carbocycles. The third-order valence-corrected chi connectivity index (χ3v) is 2.47. The molecular formula is C13H17NO2. The maximum absolute atomic E-state index is 11.8. The number of hydrogen-bond donors (Lipinski definition) is 1. The van der Waals surface area contributed by atoms with Crippen molar-refractivity contribution >= 4 is 5.91 Å². The van der Waals surface area contributed by atoms with Gasteiger partial charge in [-0.15, -0.1) is 6.58 Å². The summed E-state index contributed by atoms with van der Waals surface area (Å²) < 4.78 is 5.20. The number of carbonyl (C=O) groups is 1. The van der Waals surface area contributed by atoms with Crippen molar-refractivity contribution in [2.75, 3.05) is 13.7 Å². The van der Waals surface area contributed by atoms with Gasteiger partial charge in [0.1, 0.15) is 5.75 Å². The lowest BCUT2D eigenvalue weighted by molar-refractivity contribution is 0.0955. The Balaban J connectivity index is 3.06. The van der Waals surface area contributed by atoms with Gasteiger partial charge < -0.3 is 10.1 Å². The van der Waals surface area contributed by atoms with Crippen LogP contribution in [0.25, 0.3) is 0 Å². The number of rotatable bonds is 4. The Morgan fingerprint density at radius 3 is 2.62 bits per heavy atom. The molecule has 0 aliphatic rings. The summed E-state index contributed by atoms with van der Waals surface area (Å²) in [5, 5.41) is 2.73. The minimum atomic E-state index is -0.139. The second-order valence-electron chi connectivity index (χ2n) is 3.64. The highest BCUT2D eigenvalue weighted by Gasteiger charge is 2.12. The van der Waals surface area contributed by atoms with Crippen LogP contribution in [-0.2, 0) is 0 Å². The number of ether oxygens (including phenoxy) is 1. The van der Waals surface area contributed by atoms with Crippen LogP contribution >= 0.6 is 0 Å². The molecule has 3 nitrogen and oxygen atoms in total. The lowest BCUT2D eigenvalue weighted by Crippen LogP contribution is -2.23. The monoisotopic (exact) mass is 219 g/mol. The molecule has 16 heavy (non-hydrogen) atoms. The molecule has 0 heterocycles. The molecule has 0 aromatic heterocycles. The number of aryl methyl sites for hydroxylation is 2. The van der Waals surface area contributed by atoms with Crippen LogP contribution in [0.1, 0.15) is 21.5 Å². The Kier molecular flexibility index (Phi) is 4.11. The minimum Gasteiger partial charge on any atom is -0.496 e. The lowest BCUT2D eigenvalue weighted by atomic mass is 10.0. The van der Waals surface area contributed by atoms with E-state index >= 15 is 0 Å². The Hall–Kier alpha value is -1.77.